The van der Waals surface area contributed by atoms with Crippen LogP contribution in [0.2, 0.25) is 0 Å². The Balaban J connectivity index is 1.76. The number of carbonyl (C=O) groups is 1. The average Bonchev–Trinajstić information content (AvgIpc) is 3.25. The molecule has 0 aliphatic rings. The second kappa shape index (κ2) is 10.6. The van der Waals surface area contributed by atoms with Gasteiger partial charge in [-0.05, 0) is 41.8 Å². The number of methoxy groups -OCH3 is 4. The van der Waals surface area contributed by atoms with Crippen molar-refractivity contribution >= 4 is 5.91 Å². The third-order valence-electron chi connectivity index (χ3n) is 5.24. The van der Waals surface area contributed by atoms with Crippen LogP contribution in [0.25, 0.3) is 0 Å². The van der Waals surface area contributed by atoms with Gasteiger partial charge in [0.05, 0.1) is 28.4 Å². The van der Waals surface area contributed by atoms with Crippen LogP contribution in [-0.4, -0.2) is 43.9 Å². The van der Waals surface area contributed by atoms with Crippen molar-refractivity contribution in [1.29, 1.82) is 0 Å². The van der Waals surface area contributed by atoms with Crippen molar-refractivity contribution in [2.24, 2.45) is 7.05 Å². The molecule has 0 spiro atoms. The summed E-state index contributed by atoms with van der Waals surface area (Å²) in [6, 6.07) is 10.9. The highest BCUT2D eigenvalue weighted by Crippen LogP contribution is 2.38. The fourth-order valence-electron chi connectivity index (χ4n) is 3.52. The van der Waals surface area contributed by atoms with Crippen LogP contribution in [0.3, 0.4) is 0 Å². The molecule has 2 aromatic carbocycles. The maximum Gasteiger partial charge on any atom is 0.221 e. The molecule has 1 amide bonds. The van der Waals surface area contributed by atoms with E-state index in [1.54, 1.807) is 34.6 Å². The van der Waals surface area contributed by atoms with E-state index in [4.69, 9.17) is 18.9 Å². The summed E-state index contributed by atoms with van der Waals surface area (Å²) in [6.07, 6.45) is 4.37. The van der Waals surface area contributed by atoms with Crippen molar-refractivity contribution < 1.29 is 23.7 Å². The number of nitrogens with one attached hydrogen (secondary N) is 1. The van der Waals surface area contributed by atoms with Gasteiger partial charge in [-0.15, -0.1) is 0 Å². The molecule has 8 heteroatoms. The van der Waals surface area contributed by atoms with Crippen LogP contribution in [0.15, 0.2) is 48.8 Å². The van der Waals surface area contributed by atoms with E-state index in [-0.39, 0.29) is 18.4 Å². The van der Waals surface area contributed by atoms with Crippen molar-refractivity contribution in [2.45, 2.75) is 18.9 Å². The number of hydrogen-bond acceptors (Lipinski definition) is 6. The van der Waals surface area contributed by atoms with Crippen molar-refractivity contribution in [1.82, 2.24) is 14.9 Å². The number of rotatable bonds is 10. The third kappa shape index (κ3) is 5.14. The summed E-state index contributed by atoms with van der Waals surface area (Å²) in [6.45, 7) is 0. The first-order chi connectivity index (χ1) is 15.5. The molecule has 1 aromatic heterocycles. The Morgan fingerprint density at radius 3 is 2.16 bits per heavy atom. The maximum atomic E-state index is 12.9. The van der Waals surface area contributed by atoms with E-state index >= 15 is 0 Å². The summed E-state index contributed by atoms with van der Waals surface area (Å²) in [4.78, 5) is 17.3. The molecule has 0 bridgehead atoms. The lowest BCUT2D eigenvalue weighted by molar-refractivity contribution is -0.121. The molecular weight excluding hydrogens is 410 g/mol. The first-order valence-corrected chi connectivity index (χ1v) is 10.2. The zero-order chi connectivity index (χ0) is 23.1. The van der Waals surface area contributed by atoms with E-state index in [1.807, 2.05) is 54.2 Å². The zero-order valence-electron chi connectivity index (χ0n) is 19.0. The number of ether oxygens (including phenoxy) is 4. The Morgan fingerprint density at radius 1 is 1.00 bits per heavy atom. The molecule has 0 aliphatic heterocycles. The van der Waals surface area contributed by atoms with Crippen molar-refractivity contribution in [2.75, 3.05) is 28.4 Å². The minimum Gasteiger partial charge on any atom is -0.497 e. The Labute approximate surface area is 188 Å². The van der Waals surface area contributed by atoms with E-state index in [0.717, 1.165) is 22.7 Å². The number of imidazole rings is 1. The minimum absolute atomic E-state index is 0.0948. The first-order valence-electron chi connectivity index (χ1n) is 10.2. The van der Waals surface area contributed by atoms with Gasteiger partial charge in [0.15, 0.2) is 11.5 Å². The highest BCUT2D eigenvalue weighted by molar-refractivity contribution is 5.77. The van der Waals surface area contributed by atoms with Crippen LogP contribution in [0.4, 0.5) is 0 Å². The summed E-state index contributed by atoms with van der Waals surface area (Å²) in [5.74, 6) is 3.05. The summed E-state index contributed by atoms with van der Waals surface area (Å²) in [5, 5.41) is 3.11. The number of aromatic nitrogens is 2. The fourth-order valence-corrected chi connectivity index (χ4v) is 3.52. The van der Waals surface area contributed by atoms with Gasteiger partial charge in [0.1, 0.15) is 17.6 Å². The number of carbonyl (C=O) groups excluding carboxylic acids is 1. The van der Waals surface area contributed by atoms with E-state index in [0.29, 0.717) is 23.7 Å². The lowest BCUT2D eigenvalue weighted by atomic mass is 10.0. The molecule has 1 N–H and O–H groups in total. The summed E-state index contributed by atoms with van der Waals surface area (Å²) >= 11 is 0. The van der Waals surface area contributed by atoms with Gasteiger partial charge in [0, 0.05) is 25.9 Å². The van der Waals surface area contributed by atoms with Gasteiger partial charge in [0.2, 0.25) is 11.7 Å². The number of aryl methyl sites for hydroxylation is 2. The van der Waals surface area contributed by atoms with Gasteiger partial charge in [-0.25, -0.2) is 4.98 Å². The minimum atomic E-state index is -0.381. The monoisotopic (exact) mass is 439 g/mol. The highest BCUT2D eigenvalue weighted by Gasteiger charge is 2.21. The van der Waals surface area contributed by atoms with E-state index < -0.39 is 0 Å². The van der Waals surface area contributed by atoms with Gasteiger partial charge in [-0.2, -0.15) is 0 Å². The molecule has 0 radical (unpaired) electrons. The summed E-state index contributed by atoms with van der Waals surface area (Å²) in [7, 11) is 8.22. The van der Waals surface area contributed by atoms with Crippen LogP contribution in [0, 0.1) is 0 Å². The molecule has 0 unspecified atom stereocenters. The Bertz CT molecular complexity index is 1020. The highest BCUT2D eigenvalue weighted by atomic mass is 16.5. The maximum absolute atomic E-state index is 12.9. The molecule has 0 saturated carbocycles. The van der Waals surface area contributed by atoms with Gasteiger partial charge >= 0.3 is 0 Å². The number of amides is 1. The molecule has 0 fully saturated rings. The lowest BCUT2D eigenvalue weighted by Crippen LogP contribution is -2.31. The molecule has 8 nitrogen and oxygen atoms in total. The molecule has 0 aliphatic carbocycles. The Morgan fingerprint density at radius 2 is 1.66 bits per heavy atom. The number of hydrogen-bond donors (Lipinski definition) is 1. The Kier molecular flexibility index (Phi) is 7.59. The van der Waals surface area contributed by atoms with E-state index in [1.165, 1.54) is 0 Å². The second-order valence-electron chi connectivity index (χ2n) is 7.20. The van der Waals surface area contributed by atoms with Gasteiger partial charge in [-0.1, -0.05) is 12.1 Å². The normalized spacial score (nSPS) is 11.5. The third-order valence-corrected chi connectivity index (χ3v) is 5.24. The molecule has 170 valence electrons. The molecule has 0 saturated heterocycles. The van der Waals surface area contributed by atoms with Gasteiger partial charge in [-0.3, -0.25) is 4.79 Å². The van der Waals surface area contributed by atoms with Crippen LogP contribution < -0.4 is 24.3 Å². The second-order valence-corrected chi connectivity index (χ2v) is 7.20. The van der Waals surface area contributed by atoms with Crippen molar-refractivity contribution in [3.05, 3.63) is 65.7 Å². The molecule has 3 rings (SSSR count). The molecule has 3 aromatic rings. The van der Waals surface area contributed by atoms with Crippen LogP contribution in [0.1, 0.15) is 29.4 Å². The van der Waals surface area contributed by atoms with Crippen LogP contribution >= 0.6 is 0 Å². The predicted octanol–water partition coefficient (Wildman–Crippen LogP) is 3.29. The molecular formula is C24H29N3O5. The fraction of sp³-hybridized carbons (Fsp3) is 0.333. The van der Waals surface area contributed by atoms with Crippen molar-refractivity contribution in [3.8, 4) is 23.0 Å². The summed E-state index contributed by atoms with van der Waals surface area (Å²) in [5.41, 5.74) is 1.83. The SMILES string of the molecule is COc1ccc([C@@H](NC(=O)CCc2cc(OC)c(OC)c(OC)c2)c2nccn2C)cc1. The van der Waals surface area contributed by atoms with E-state index in [9.17, 15) is 4.79 Å². The molecule has 1 heterocycles. The average molecular weight is 440 g/mol. The molecule has 1 atom stereocenters. The van der Waals surface area contributed by atoms with Gasteiger partial charge < -0.3 is 28.8 Å². The smallest absolute Gasteiger partial charge is 0.221 e. The van der Waals surface area contributed by atoms with Crippen LogP contribution in [0.5, 0.6) is 23.0 Å². The lowest BCUT2D eigenvalue weighted by Gasteiger charge is -2.20. The van der Waals surface area contributed by atoms with Gasteiger partial charge in [0.25, 0.3) is 0 Å². The zero-order valence-corrected chi connectivity index (χ0v) is 19.0. The number of benzene rings is 2. The predicted molar refractivity (Wildman–Crippen MR) is 121 cm³/mol. The Hall–Kier alpha value is -3.68. The van der Waals surface area contributed by atoms with Crippen LogP contribution in [-0.2, 0) is 18.3 Å². The molecule has 32 heavy (non-hydrogen) atoms. The van der Waals surface area contributed by atoms with Crippen molar-refractivity contribution in [3.63, 3.8) is 0 Å². The summed E-state index contributed by atoms with van der Waals surface area (Å²) < 4.78 is 23.3. The standard InChI is InChI=1S/C24H29N3O5/c1-27-13-12-25-24(27)22(17-7-9-18(29-2)10-8-17)26-21(28)11-6-16-14-19(30-3)23(32-5)20(15-16)31-4/h7-10,12-15,22H,6,11H2,1-5H3,(H,26,28)/t22-/m1/s1. The first kappa shape index (κ1) is 23.0. The quantitative estimate of drug-likeness (QED) is 0.522. The number of nitrogens with zero attached hydrogens (tertiary/aromatic N) is 2. The topological polar surface area (TPSA) is 83.8 Å². The largest absolute Gasteiger partial charge is 0.497 e. The van der Waals surface area contributed by atoms with E-state index in [2.05, 4.69) is 10.3 Å².